The quantitative estimate of drug-likeness (QED) is 0.441. The Kier molecular flexibility index (Phi) is 6.02. The van der Waals surface area contributed by atoms with Gasteiger partial charge < -0.3 is 10.1 Å². The topological polar surface area (TPSA) is 105 Å². The zero-order valence-corrected chi connectivity index (χ0v) is 16.7. The third-order valence-corrected chi connectivity index (χ3v) is 5.99. The number of nitrogens with zero attached hydrogens (tertiary/aromatic N) is 2. The Hall–Kier alpha value is -2.83. The second-order valence-electron chi connectivity index (χ2n) is 6.60. The Bertz CT molecular complexity index is 1030. The summed E-state index contributed by atoms with van der Waals surface area (Å²) in [5, 5.41) is 23.4. The lowest BCUT2D eigenvalue weighted by Gasteiger charge is -2.23. The summed E-state index contributed by atoms with van der Waals surface area (Å²) in [6, 6.07) is 7.67. The monoisotopic (exact) mass is 415 g/mol. The lowest BCUT2D eigenvalue weighted by Crippen LogP contribution is -2.21. The number of ether oxygens (including phenoxy) is 1. The zero-order valence-electron chi connectivity index (χ0n) is 15.1. The Morgan fingerprint density at radius 2 is 2.14 bits per heavy atom. The molecular formula is C19H17N3O4S2. The minimum atomic E-state index is -0.509. The average Bonchev–Trinajstić information content (AvgIpc) is 2.67. The molecule has 1 aromatic carbocycles. The summed E-state index contributed by atoms with van der Waals surface area (Å²) in [7, 11) is 0. The summed E-state index contributed by atoms with van der Waals surface area (Å²) in [6.45, 7) is 1.88. The van der Waals surface area contributed by atoms with Crippen molar-refractivity contribution < 1.29 is 14.5 Å². The minimum absolute atomic E-state index is 0.0568. The van der Waals surface area contributed by atoms with Gasteiger partial charge in [0.1, 0.15) is 16.8 Å². The molecule has 0 radical (unpaired) electrons. The summed E-state index contributed by atoms with van der Waals surface area (Å²) in [6.07, 6.45) is 2.62. The van der Waals surface area contributed by atoms with E-state index in [0.717, 1.165) is 30.4 Å². The van der Waals surface area contributed by atoms with Crippen molar-refractivity contribution in [2.45, 2.75) is 26.2 Å². The molecule has 1 N–H and O–H groups in total. The zero-order chi connectivity index (χ0) is 20.3. The molecule has 28 heavy (non-hydrogen) atoms. The number of fused-ring (bicyclic) bond motifs is 1. The van der Waals surface area contributed by atoms with Crippen LogP contribution in [-0.4, -0.2) is 17.4 Å². The van der Waals surface area contributed by atoms with Gasteiger partial charge in [-0.3, -0.25) is 14.9 Å². The number of nitro groups is 1. The van der Waals surface area contributed by atoms with Gasteiger partial charge in [-0.1, -0.05) is 19.1 Å². The normalized spacial score (nSPS) is 15.2. The fourth-order valence-electron chi connectivity index (χ4n) is 3.12. The third-order valence-electron chi connectivity index (χ3n) is 4.56. The van der Waals surface area contributed by atoms with E-state index in [2.05, 4.69) is 18.3 Å². The predicted octanol–water partition coefficient (Wildman–Crippen LogP) is 4.40. The van der Waals surface area contributed by atoms with Crippen LogP contribution < -0.4 is 10.1 Å². The highest BCUT2D eigenvalue weighted by Crippen LogP contribution is 2.35. The second-order valence-corrected chi connectivity index (χ2v) is 8.29. The molecule has 1 heterocycles. The van der Waals surface area contributed by atoms with Crippen LogP contribution in [0.15, 0.2) is 24.3 Å². The Morgan fingerprint density at radius 3 is 2.79 bits per heavy atom. The van der Waals surface area contributed by atoms with Crippen molar-refractivity contribution in [3.8, 4) is 11.8 Å². The first-order valence-corrected chi connectivity index (χ1v) is 9.87. The van der Waals surface area contributed by atoms with Crippen LogP contribution in [0.4, 0.5) is 10.7 Å². The van der Waals surface area contributed by atoms with Crippen molar-refractivity contribution >= 4 is 40.2 Å². The van der Waals surface area contributed by atoms with Gasteiger partial charge in [0.25, 0.3) is 11.6 Å². The molecule has 1 unspecified atom stereocenters. The van der Waals surface area contributed by atoms with E-state index in [-0.39, 0.29) is 12.3 Å². The molecule has 3 rings (SSSR count). The van der Waals surface area contributed by atoms with E-state index in [0.29, 0.717) is 26.1 Å². The van der Waals surface area contributed by atoms with E-state index >= 15 is 0 Å². The highest BCUT2D eigenvalue weighted by molar-refractivity contribution is 7.73. The number of non-ortho nitro benzene ring substituents is 1. The Labute approximate surface area is 170 Å². The van der Waals surface area contributed by atoms with Crippen LogP contribution in [0.5, 0.6) is 5.75 Å². The van der Waals surface area contributed by atoms with Crippen LogP contribution in [0.25, 0.3) is 0 Å². The number of carbonyl (C=O) groups is 1. The number of anilines is 1. The largest absolute Gasteiger partial charge is 0.484 e. The van der Waals surface area contributed by atoms with E-state index in [1.165, 1.54) is 35.6 Å². The van der Waals surface area contributed by atoms with Crippen LogP contribution >= 0.6 is 23.6 Å². The molecule has 7 nitrogen and oxygen atoms in total. The molecule has 2 aromatic rings. The number of nitrogens with one attached hydrogen (secondary N) is 1. The lowest BCUT2D eigenvalue weighted by molar-refractivity contribution is -0.384. The molecule has 1 aliphatic rings. The molecule has 1 amide bonds. The van der Waals surface area contributed by atoms with Gasteiger partial charge >= 0.3 is 0 Å². The lowest BCUT2D eigenvalue weighted by atomic mass is 9.85. The highest BCUT2D eigenvalue weighted by atomic mass is 32.1. The van der Waals surface area contributed by atoms with Gasteiger partial charge in [-0.15, -0.1) is 11.3 Å². The van der Waals surface area contributed by atoms with E-state index in [9.17, 15) is 20.2 Å². The number of hydrogen-bond acceptors (Lipinski definition) is 7. The molecule has 0 fully saturated rings. The highest BCUT2D eigenvalue weighted by Gasteiger charge is 2.23. The van der Waals surface area contributed by atoms with Crippen molar-refractivity contribution in [2.24, 2.45) is 5.92 Å². The summed E-state index contributed by atoms with van der Waals surface area (Å²) in [4.78, 5) is 22.4. The van der Waals surface area contributed by atoms with E-state index in [1.807, 2.05) is 0 Å². The van der Waals surface area contributed by atoms with Crippen molar-refractivity contribution in [1.82, 2.24) is 0 Å². The van der Waals surface area contributed by atoms with Gasteiger partial charge in [-0.2, -0.15) is 5.26 Å². The Morgan fingerprint density at radius 1 is 1.43 bits per heavy atom. The number of carbonyl (C=O) groups excluding carboxylic acids is 1. The van der Waals surface area contributed by atoms with Gasteiger partial charge in [0.05, 0.1) is 14.3 Å². The first-order valence-electron chi connectivity index (χ1n) is 8.65. The number of benzene rings is 1. The van der Waals surface area contributed by atoms with E-state index in [4.69, 9.17) is 17.0 Å². The molecule has 0 aliphatic heterocycles. The standard InChI is InChI=1S/C19H17N3O4S2/c1-11-2-7-14-15(8-11)19(27)28-18(16(14)9-20)21-17(23)10-26-13-5-3-12(4-6-13)22(24)25/h3-6,11H,2,7-8,10H2,1H3,(H,21,23). The SMILES string of the molecule is CC1CCc2c(C#N)c(NC(=O)COc3ccc([N+](=O)[O-])cc3)sc(=S)c2C1. The van der Waals surface area contributed by atoms with Crippen molar-refractivity contribution in [2.75, 3.05) is 11.9 Å². The predicted molar refractivity (Wildman–Crippen MR) is 108 cm³/mol. The fourth-order valence-corrected chi connectivity index (χ4v) is 4.53. The molecule has 1 aromatic heterocycles. The summed E-state index contributed by atoms with van der Waals surface area (Å²) >= 11 is 6.72. The van der Waals surface area contributed by atoms with Gasteiger partial charge in [-0.25, -0.2) is 0 Å². The van der Waals surface area contributed by atoms with Crippen molar-refractivity contribution in [1.29, 1.82) is 5.26 Å². The van der Waals surface area contributed by atoms with Gasteiger partial charge in [0, 0.05) is 12.1 Å². The number of nitriles is 1. The second kappa shape index (κ2) is 8.46. The number of amides is 1. The molecule has 1 atom stereocenters. The number of nitro benzene ring substituents is 1. The average molecular weight is 415 g/mol. The van der Waals surface area contributed by atoms with Crippen LogP contribution in [0.3, 0.4) is 0 Å². The molecule has 0 saturated carbocycles. The number of rotatable bonds is 5. The smallest absolute Gasteiger partial charge is 0.269 e. The van der Waals surface area contributed by atoms with Gasteiger partial charge in [-0.05, 0) is 48.4 Å². The van der Waals surface area contributed by atoms with Crippen molar-refractivity contribution in [3.05, 3.63) is 54.9 Å². The van der Waals surface area contributed by atoms with Gasteiger partial charge in [0.2, 0.25) is 0 Å². The first-order chi connectivity index (χ1) is 13.4. The molecule has 9 heteroatoms. The maximum atomic E-state index is 12.3. The first kappa shape index (κ1) is 19.9. The Balaban J connectivity index is 1.72. The molecule has 0 saturated heterocycles. The van der Waals surface area contributed by atoms with Crippen LogP contribution in [0.2, 0.25) is 0 Å². The molecule has 1 aliphatic carbocycles. The van der Waals surface area contributed by atoms with Crippen LogP contribution in [0.1, 0.15) is 30.0 Å². The molecule has 0 bridgehead atoms. The number of hydrogen-bond donors (Lipinski definition) is 1. The fraction of sp³-hybridized carbons (Fsp3) is 0.316. The molecule has 144 valence electrons. The molecule has 0 spiro atoms. The maximum Gasteiger partial charge on any atom is 0.269 e. The summed E-state index contributed by atoms with van der Waals surface area (Å²) in [5.41, 5.74) is 2.41. The van der Waals surface area contributed by atoms with E-state index < -0.39 is 10.8 Å². The van der Waals surface area contributed by atoms with Crippen LogP contribution in [0, 0.1) is 31.2 Å². The van der Waals surface area contributed by atoms with E-state index in [1.54, 1.807) is 0 Å². The van der Waals surface area contributed by atoms with Crippen molar-refractivity contribution in [3.63, 3.8) is 0 Å². The molecular weight excluding hydrogens is 398 g/mol. The maximum absolute atomic E-state index is 12.3. The summed E-state index contributed by atoms with van der Waals surface area (Å²) < 4.78 is 6.07. The minimum Gasteiger partial charge on any atom is -0.484 e. The van der Waals surface area contributed by atoms with Crippen LogP contribution in [-0.2, 0) is 17.6 Å². The summed E-state index contributed by atoms with van der Waals surface area (Å²) in [5.74, 6) is 0.446. The van der Waals surface area contributed by atoms with Gasteiger partial charge in [0.15, 0.2) is 6.61 Å². The third kappa shape index (κ3) is 4.35.